The minimum atomic E-state index is -0.473. The highest BCUT2D eigenvalue weighted by Gasteiger charge is 2.58. The van der Waals surface area contributed by atoms with Gasteiger partial charge in [0, 0.05) is 60.3 Å². The van der Waals surface area contributed by atoms with Gasteiger partial charge in [0.25, 0.3) is 0 Å². The van der Waals surface area contributed by atoms with Gasteiger partial charge in [-0.3, -0.25) is 0 Å². The smallest absolute Gasteiger partial charge is 0.0999 e. The van der Waals surface area contributed by atoms with Crippen LogP contribution >= 0.6 is 34.0 Å². The molecule has 0 saturated heterocycles. The fourth-order valence-electron chi connectivity index (χ4n) is 11.7. The Bertz CT molecular complexity index is 3740. The first-order valence-corrected chi connectivity index (χ1v) is 25.9. The van der Waals surface area contributed by atoms with Crippen LogP contribution in [0, 0.1) is 5.92 Å². The molecule has 3 unspecified atom stereocenters. The van der Waals surface area contributed by atoms with E-state index in [1.807, 2.05) is 11.3 Å². The van der Waals surface area contributed by atoms with E-state index in [0.717, 1.165) is 17.1 Å². The average Bonchev–Trinajstić information content (AvgIpc) is 4.27. The lowest BCUT2D eigenvalue weighted by atomic mass is 9.65. The maximum atomic E-state index is 2.63. The van der Waals surface area contributed by atoms with Gasteiger partial charge in [-0.1, -0.05) is 158 Å². The van der Waals surface area contributed by atoms with Gasteiger partial charge in [0.2, 0.25) is 0 Å². The molecule has 68 heavy (non-hydrogen) atoms. The van der Waals surface area contributed by atoms with Crippen LogP contribution in [0.3, 0.4) is 0 Å². The van der Waals surface area contributed by atoms with Crippen molar-refractivity contribution < 1.29 is 0 Å². The third kappa shape index (κ3) is 5.99. The van der Waals surface area contributed by atoms with Crippen molar-refractivity contribution in [2.24, 2.45) is 5.92 Å². The molecule has 3 aromatic heterocycles. The topological polar surface area (TPSA) is 6.48 Å². The predicted molar refractivity (Wildman–Crippen MR) is 291 cm³/mol. The van der Waals surface area contributed by atoms with E-state index in [4.69, 9.17) is 0 Å². The lowest BCUT2D eigenvalue weighted by Crippen LogP contribution is -2.34. The van der Waals surface area contributed by atoms with Gasteiger partial charge in [-0.25, -0.2) is 0 Å². The molecule has 3 atom stereocenters. The van der Waals surface area contributed by atoms with Crippen LogP contribution in [0.4, 0.5) is 27.1 Å². The monoisotopic (exact) mass is 922 g/mol. The maximum absolute atomic E-state index is 2.63. The molecule has 322 valence electrons. The summed E-state index contributed by atoms with van der Waals surface area (Å²) in [5.41, 5.74) is 17.3. The van der Waals surface area contributed by atoms with Crippen molar-refractivity contribution in [2.45, 2.75) is 11.3 Å². The Kier molecular flexibility index (Phi) is 9.20. The van der Waals surface area contributed by atoms with Crippen molar-refractivity contribution in [3.05, 3.63) is 269 Å². The number of benzene rings is 8. The predicted octanol–water partition coefficient (Wildman–Crippen LogP) is 18.3. The van der Waals surface area contributed by atoms with Crippen molar-refractivity contribution in [1.82, 2.24) is 0 Å². The van der Waals surface area contributed by atoms with Crippen LogP contribution in [0.15, 0.2) is 247 Å². The van der Waals surface area contributed by atoms with Gasteiger partial charge in [-0.15, -0.1) is 34.0 Å². The Morgan fingerprint density at radius 2 is 1.04 bits per heavy atom. The number of thiophene rings is 3. The summed E-state index contributed by atoms with van der Waals surface area (Å²) in [4.78, 5) is 4.93. The molecular formula is C63H42N2S3. The Hall–Kier alpha value is -7.54. The Morgan fingerprint density at radius 3 is 1.74 bits per heavy atom. The molecule has 0 amide bonds. The van der Waals surface area contributed by atoms with Crippen molar-refractivity contribution in [1.29, 1.82) is 0 Å². The molecule has 1 spiro atoms. The number of nitrogens with zero attached hydrogens (tertiary/aromatic N) is 2. The molecule has 0 aliphatic heterocycles. The van der Waals surface area contributed by atoms with E-state index in [2.05, 4.69) is 251 Å². The third-order valence-corrected chi connectivity index (χ3v) is 17.5. The van der Waals surface area contributed by atoms with E-state index in [9.17, 15) is 0 Å². The molecule has 0 N–H and O–H groups in total. The highest BCUT2D eigenvalue weighted by molar-refractivity contribution is 7.26. The van der Waals surface area contributed by atoms with Crippen molar-refractivity contribution in [2.75, 3.05) is 9.80 Å². The van der Waals surface area contributed by atoms with E-state index in [-0.39, 0.29) is 11.8 Å². The lowest BCUT2D eigenvalue weighted by molar-refractivity contribution is 0.462. The van der Waals surface area contributed by atoms with Crippen LogP contribution in [0.25, 0.3) is 53.6 Å². The van der Waals surface area contributed by atoms with Crippen LogP contribution in [-0.4, -0.2) is 0 Å². The molecule has 0 saturated carbocycles. The first-order valence-electron chi connectivity index (χ1n) is 23.3. The highest BCUT2D eigenvalue weighted by Crippen LogP contribution is 2.67. The zero-order valence-corrected chi connectivity index (χ0v) is 39.3. The normalized spacial score (nSPS) is 17.5. The summed E-state index contributed by atoms with van der Waals surface area (Å²) in [6.07, 6.45) is 7.55. The van der Waals surface area contributed by atoms with E-state index in [1.165, 1.54) is 91.5 Å². The van der Waals surface area contributed by atoms with Crippen molar-refractivity contribution in [3.8, 4) is 33.4 Å². The molecule has 0 radical (unpaired) electrons. The van der Waals surface area contributed by atoms with Gasteiger partial charge in [0.1, 0.15) is 0 Å². The quantitative estimate of drug-likeness (QED) is 0.150. The van der Waals surface area contributed by atoms with E-state index in [1.54, 1.807) is 22.7 Å². The SMILES string of the molecule is C1=CC2c3ccc(N(c4ccc(-c5ccccc5)cc4)c4cccs4)cc3C3(c4ccccc4-c4c3ccc3c4sc4ccccc43)C2C=C1N(c1ccc(-c2ccccc2)cc1)c1cccs1. The summed E-state index contributed by atoms with van der Waals surface area (Å²) in [7, 11) is 0. The molecule has 8 aromatic carbocycles. The third-order valence-electron chi connectivity index (χ3n) is 14.6. The zero-order valence-electron chi connectivity index (χ0n) is 36.9. The van der Waals surface area contributed by atoms with Gasteiger partial charge in [0.15, 0.2) is 0 Å². The summed E-state index contributed by atoms with van der Waals surface area (Å²) in [6.45, 7) is 0. The second kappa shape index (κ2) is 15.8. The molecule has 2 nitrogen and oxygen atoms in total. The second-order valence-electron chi connectivity index (χ2n) is 18.0. The number of anilines is 5. The van der Waals surface area contributed by atoms with E-state index in [0.29, 0.717) is 0 Å². The first kappa shape index (κ1) is 39.6. The minimum Gasteiger partial charge on any atom is -0.302 e. The zero-order chi connectivity index (χ0) is 44.8. The summed E-state index contributed by atoms with van der Waals surface area (Å²) in [6, 6.07) is 79.0. The summed E-state index contributed by atoms with van der Waals surface area (Å²) in [5.74, 6) is 0.249. The number of rotatable bonds is 8. The van der Waals surface area contributed by atoms with Crippen molar-refractivity contribution >= 4 is 81.2 Å². The standard InChI is InChI=1S/C63H42N2S3/c1-3-13-41(14-4-1)43-23-27-45(28-24-43)64(59-21-11-37-66-59)47-31-33-49-50-34-32-48(65(60-22-12-38-67-60)46-29-25-44(26-30-46)42-15-5-2-6-16-42)40-57(50)63(56(49)39-47)54-19-9-7-18-53(54)61-55(63)36-35-52-51-17-8-10-20-58(51)68-62(52)61/h1-40,49,56H. The van der Waals surface area contributed by atoms with Gasteiger partial charge in [0.05, 0.1) is 15.4 Å². The Labute approximate surface area is 408 Å². The van der Waals surface area contributed by atoms with Crippen LogP contribution < -0.4 is 9.80 Å². The molecule has 3 aliphatic rings. The van der Waals surface area contributed by atoms with Crippen molar-refractivity contribution in [3.63, 3.8) is 0 Å². The largest absolute Gasteiger partial charge is 0.302 e. The molecule has 3 aliphatic carbocycles. The summed E-state index contributed by atoms with van der Waals surface area (Å²) >= 11 is 5.51. The fraction of sp³-hybridized carbons (Fsp3) is 0.0476. The van der Waals surface area contributed by atoms with Crippen LogP contribution in [-0.2, 0) is 5.41 Å². The molecule has 5 heteroatoms. The molecule has 11 aromatic rings. The molecule has 3 heterocycles. The van der Waals surface area contributed by atoms with Crippen LogP contribution in [0.5, 0.6) is 0 Å². The van der Waals surface area contributed by atoms with Gasteiger partial charge >= 0.3 is 0 Å². The van der Waals surface area contributed by atoms with Gasteiger partial charge in [-0.05, 0) is 134 Å². The fourth-order valence-corrected chi connectivity index (χ4v) is 14.5. The maximum Gasteiger partial charge on any atom is 0.0999 e. The second-order valence-corrected chi connectivity index (χ2v) is 20.9. The number of hydrogen-bond acceptors (Lipinski definition) is 5. The molecule has 0 bridgehead atoms. The molecule has 14 rings (SSSR count). The first-order chi connectivity index (χ1) is 33.7. The highest BCUT2D eigenvalue weighted by atomic mass is 32.1. The number of hydrogen-bond donors (Lipinski definition) is 0. The Balaban J connectivity index is 0.990. The molecular weight excluding hydrogens is 881 g/mol. The minimum absolute atomic E-state index is 0.0911. The number of fused-ring (bicyclic) bond motifs is 14. The van der Waals surface area contributed by atoms with Gasteiger partial charge < -0.3 is 9.80 Å². The average molecular weight is 923 g/mol. The number of allylic oxidation sites excluding steroid dienone is 3. The van der Waals surface area contributed by atoms with Crippen LogP contribution in [0.2, 0.25) is 0 Å². The Morgan fingerprint density at radius 1 is 0.441 bits per heavy atom. The summed E-state index contributed by atoms with van der Waals surface area (Å²) < 4.78 is 2.71. The molecule has 0 fully saturated rings. The van der Waals surface area contributed by atoms with E-state index < -0.39 is 5.41 Å². The van der Waals surface area contributed by atoms with Crippen LogP contribution in [0.1, 0.15) is 28.2 Å². The van der Waals surface area contributed by atoms with E-state index >= 15 is 0 Å². The lowest BCUT2D eigenvalue weighted by Gasteiger charge is -2.38. The van der Waals surface area contributed by atoms with Gasteiger partial charge in [-0.2, -0.15) is 0 Å². The summed E-state index contributed by atoms with van der Waals surface area (Å²) in [5, 5.41) is 9.44.